The van der Waals surface area contributed by atoms with Crippen LogP contribution in [0.5, 0.6) is 0 Å². The van der Waals surface area contributed by atoms with E-state index in [-0.39, 0.29) is 0 Å². The maximum Gasteiger partial charge on any atom is 0.146 e. The fraction of sp³-hybridized carbons (Fsp3) is 0. The van der Waals surface area contributed by atoms with Crippen molar-refractivity contribution >= 4 is 32.8 Å². The predicted octanol–water partition coefficient (Wildman–Crippen LogP) is 8.85. The first-order chi connectivity index (χ1) is 19.9. The Morgan fingerprint density at radius 3 is 1.95 bits per heavy atom. The lowest BCUT2D eigenvalue weighted by Crippen LogP contribution is -1.99. The van der Waals surface area contributed by atoms with Gasteiger partial charge in [0, 0.05) is 28.2 Å². The van der Waals surface area contributed by atoms with Crippen LogP contribution in [0, 0.1) is 0 Å². The Hall–Kier alpha value is -5.48. The summed E-state index contributed by atoms with van der Waals surface area (Å²) in [6.45, 7) is 0. The van der Waals surface area contributed by atoms with Gasteiger partial charge in [0.05, 0.1) is 34.0 Å². The number of imidazole rings is 1. The number of benzene rings is 5. The summed E-state index contributed by atoms with van der Waals surface area (Å²) in [5.41, 5.74) is 9.83. The van der Waals surface area contributed by atoms with E-state index < -0.39 is 0 Å². The van der Waals surface area contributed by atoms with E-state index >= 15 is 0 Å². The molecule has 0 saturated heterocycles. The van der Waals surface area contributed by atoms with Crippen LogP contribution < -0.4 is 0 Å². The Labute approximate surface area is 231 Å². The molecule has 0 radical (unpaired) electrons. The largest absolute Gasteiger partial charge is 0.309 e. The zero-order chi connectivity index (χ0) is 26.5. The van der Waals surface area contributed by atoms with Crippen LogP contribution >= 0.6 is 0 Å². The Morgan fingerprint density at radius 1 is 0.475 bits per heavy atom. The third-order valence-corrected chi connectivity index (χ3v) is 7.63. The molecule has 0 fully saturated rings. The quantitative estimate of drug-likeness (QED) is 0.236. The Balaban J connectivity index is 1.52. The van der Waals surface area contributed by atoms with Crippen LogP contribution in [0.15, 0.2) is 146 Å². The maximum atomic E-state index is 5.45. The number of pyridine rings is 1. The van der Waals surface area contributed by atoms with Crippen molar-refractivity contribution in [2.24, 2.45) is 0 Å². The zero-order valence-corrected chi connectivity index (χ0v) is 21.6. The SMILES string of the molecule is c1ccc(-c2ccccc2-c2nc3c4c5ccccc5n(-c5ccccc5)c4ccc3n2-c2cccnc2)cc1. The monoisotopic (exact) mass is 512 g/mol. The molecule has 4 heteroatoms. The van der Waals surface area contributed by atoms with E-state index in [4.69, 9.17) is 4.98 Å². The van der Waals surface area contributed by atoms with Gasteiger partial charge in [0.2, 0.25) is 0 Å². The molecule has 0 aliphatic rings. The summed E-state index contributed by atoms with van der Waals surface area (Å²) in [5, 5.41) is 2.34. The molecule has 0 N–H and O–H groups in total. The summed E-state index contributed by atoms with van der Waals surface area (Å²) >= 11 is 0. The molecular weight excluding hydrogens is 488 g/mol. The van der Waals surface area contributed by atoms with Gasteiger partial charge in [0.15, 0.2) is 0 Å². The van der Waals surface area contributed by atoms with Gasteiger partial charge >= 0.3 is 0 Å². The van der Waals surface area contributed by atoms with Crippen molar-refractivity contribution in [2.45, 2.75) is 0 Å². The van der Waals surface area contributed by atoms with E-state index in [1.54, 1.807) is 0 Å². The van der Waals surface area contributed by atoms with Gasteiger partial charge in [-0.1, -0.05) is 91.0 Å². The Bertz CT molecular complexity index is 2140. The fourth-order valence-corrected chi connectivity index (χ4v) is 5.93. The first kappa shape index (κ1) is 22.5. The van der Waals surface area contributed by atoms with Gasteiger partial charge < -0.3 is 4.57 Å². The minimum absolute atomic E-state index is 0.895. The van der Waals surface area contributed by atoms with Crippen LogP contribution in [0.4, 0.5) is 0 Å². The van der Waals surface area contributed by atoms with Crippen molar-refractivity contribution in [1.82, 2.24) is 19.1 Å². The standard InChI is InChI=1S/C36H24N4/c1-3-12-25(13-4-1)28-17-7-8-18-29(28)36-38-35-33(40(36)27-16-11-23-37-24-27)22-21-32-34(35)30-19-9-10-20-31(30)39(32)26-14-5-2-6-15-26/h1-24H. The van der Waals surface area contributed by atoms with Crippen molar-refractivity contribution < 1.29 is 0 Å². The molecule has 4 nitrogen and oxygen atoms in total. The lowest BCUT2D eigenvalue weighted by molar-refractivity contribution is 1.08. The van der Waals surface area contributed by atoms with Crippen LogP contribution in [0.25, 0.3) is 66.7 Å². The summed E-state index contributed by atoms with van der Waals surface area (Å²) in [4.78, 5) is 9.92. The number of hydrogen-bond acceptors (Lipinski definition) is 2. The maximum absolute atomic E-state index is 5.45. The van der Waals surface area contributed by atoms with Crippen molar-refractivity contribution in [3.63, 3.8) is 0 Å². The zero-order valence-electron chi connectivity index (χ0n) is 21.6. The normalized spacial score (nSPS) is 11.5. The van der Waals surface area contributed by atoms with Crippen LogP contribution in [-0.2, 0) is 0 Å². The number of hydrogen-bond donors (Lipinski definition) is 0. The molecule has 0 unspecified atom stereocenters. The third kappa shape index (κ3) is 3.40. The second kappa shape index (κ2) is 9.07. The lowest BCUT2D eigenvalue weighted by Gasteiger charge is -2.13. The molecule has 188 valence electrons. The topological polar surface area (TPSA) is 35.6 Å². The first-order valence-corrected chi connectivity index (χ1v) is 13.4. The van der Waals surface area contributed by atoms with Crippen LogP contribution in [0.3, 0.4) is 0 Å². The minimum Gasteiger partial charge on any atom is -0.309 e. The molecule has 0 atom stereocenters. The van der Waals surface area contributed by atoms with Gasteiger partial charge in [-0.05, 0) is 53.6 Å². The molecule has 3 aromatic heterocycles. The molecule has 0 spiro atoms. The highest BCUT2D eigenvalue weighted by Gasteiger charge is 2.22. The van der Waals surface area contributed by atoms with Gasteiger partial charge in [-0.25, -0.2) is 4.98 Å². The summed E-state index contributed by atoms with van der Waals surface area (Å²) in [6.07, 6.45) is 3.72. The summed E-state index contributed by atoms with van der Waals surface area (Å²) in [6, 6.07) is 46.7. The highest BCUT2D eigenvalue weighted by atomic mass is 15.1. The van der Waals surface area contributed by atoms with E-state index in [0.29, 0.717) is 0 Å². The van der Waals surface area contributed by atoms with Crippen molar-refractivity contribution in [1.29, 1.82) is 0 Å². The molecule has 8 rings (SSSR count). The van der Waals surface area contributed by atoms with Crippen LogP contribution in [-0.4, -0.2) is 19.1 Å². The molecular formula is C36H24N4. The summed E-state index contributed by atoms with van der Waals surface area (Å²) in [5.74, 6) is 0.895. The number of rotatable bonds is 4. The number of para-hydroxylation sites is 2. The van der Waals surface area contributed by atoms with Crippen molar-refractivity contribution in [2.75, 3.05) is 0 Å². The van der Waals surface area contributed by atoms with E-state index in [2.05, 4.69) is 142 Å². The molecule has 5 aromatic carbocycles. The minimum atomic E-state index is 0.895. The number of nitrogens with zero attached hydrogens (tertiary/aromatic N) is 4. The van der Waals surface area contributed by atoms with Crippen molar-refractivity contribution in [3.05, 3.63) is 146 Å². The fourth-order valence-electron chi connectivity index (χ4n) is 5.93. The molecule has 40 heavy (non-hydrogen) atoms. The van der Waals surface area contributed by atoms with Gasteiger partial charge in [0.1, 0.15) is 5.82 Å². The van der Waals surface area contributed by atoms with Gasteiger partial charge in [-0.3, -0.25) is 9.55 Å². The third-order valence-electron chi connectivity index (χ3n) is 7.63. The Kier molecular flexibility index (Phi) is 5.10. The summed E-state index contributed by atoms with van der Waals surface area (Å²) in [7, 11) is 0. The van der Waals surface area contributed by atoms with E-state index in [0.717, 1.165) is 55.8 Å². The number of fused-ring (bicyclic) bond motifs is 5. The summed E-state index contributed by atoms with van der Waals surface area (Å²) < 4.78 is 4.59. The van der Waals surface area contributed by atoms with Gasteiger partial charge in [-0.2, -0.15) is 0 Å². The molecule has 0 amide bonds. The molecule has 8 aromatic rings. The average molecular weight is 513 g/mol. The molecule has 0 aliphatic heterocycles. The van der Waals surface area contributed by atoms with E-state index in [1.807, 2.05) is 18.5 Å². The van der Waals surface area contributed by atoms with Crippen LogP contribution in [0.1, 0.15) is 0 Å². The predicted molar refractivity (Wildman–Crippen MR) is 164 cm³/mol. The van der Waals surface area contributed by atoms with Crippen LogP contribution in [0.2, 0.25) is 0 Å². The highest BCUT2D eigenvalue weighted by molar-refractivity contribution is 6.20. The van der Waals surface area contributed by atoms with Crippen molar-refractivity contribution in [3.8, 4) is 33.9 Å². The van der Waals surface area contributed by atoms with Gasteiger partial charge in [-0.15, -0.1) is 0 Å². The molecule has 0 aliphatic carbocycles. The first-order valence-electron chi connectivity index (χ1n) is 13.4. The second-order valence-corrected chi connectivity index (χ2v) is 9.91. The second-order valence-electron chi connectivity index (χ2n) is 9.91. The Morgan fingerprint density at radius 2 is 1.15 bits per heavy atom. The average Bonchev–Trinajstić information content (AvgIpc) is 3.58. The number of aromatic nitrogens is 4. The smallest absolute Gasteiger partial charge is 0.146 e. The lowest BCUT2D eigenvalue weighted by atomic mass is 9.99. The highest BCUT2D eigenvalue weighted by Crippen LogP contribution is 2.40. The molecule has 0 saturated carbocycles. The van der Waals surface area contributed by atoms with Gasteiger partial charge in [0.25, 0.3) is 0 Å². The molecule has 0 bridgehead atoms. The molecule has 3 heterocycles. The van der Waals surface area contributed by atoms with E-state index in [9.17, 15) is 0 Å². The van der Waals surface area contributed by atoms with E-state index in [1.165, 1.54) is 10.9 Å².